The van der Waals surface area contributed by atoms with Crippen LogP contribution in [0.25, 0.3) is 11.2 Å². The molecule has 184 valence electrons. The van der Waals surface area contributed by atoms with Crippen LogP contribution < -0.4 is 4.90 Å². The third kappa shape index (κ3) is 4.88. The minimum atomic E-state index is -4.36. The van der Waals surface area contributed by atoms with Gasteiger partial charge in [0.05, 0.1) is 25.2 Å². The lowest BCUT2D eigenvalue weighted by atomic mass is 9.96. The van der Waals surface area contributed by atoms with Gasteiger partial charge in [-0.3, -0.25) is 9.58 Å². The van der Waals surface area contributed by atoms with Crippen LogP contribution in [0.5, 0.6) is 0 Å². The molecule has 3 aromatic heterocycles. The Morgan fingerprint density at radius 1 is 1.15 bits per heavy atom. The number of morpholine rings is 1. The molecular formula is C22H29F3N8O. The Balaban J connectivity index is 1.47. The number of alkyl halides is 3. The van der Waals surface area contributed by atoms with E-state index in [2.05, 4.69) is 20.0 Å². The van der Waals surface area contributed by atoms with Crippen LogP contribution in [0.15, 0.2) is 12.5 Å². The molecule has 0 aromatic carbocycles. The molecule has 2 aliphatic heterocycles. The molecule has 5 rings (SSSR count). The van der Waals surface area contributed by atoms with Crippen LogP contribution >= 0.6 is 0 Å². The van der Waals surface area contributed by atoms with Gasteiger partial charge in [0.2, 0.25) is 0 Å². The van der Waals surface area contributed by atoms with Crippen molar-refractivity contribution in [3.05, 3.63) is 29.6 Å². The molecule has 2 aliphatic rings. The number of aryl methyl sites for hydroxylation is 2. The van der Waals surface area contributed by atoms with E-state index in [0.717, 1.165) is 42.7 Å². The van der Waals surface area contributed by atoms with Crippen molar-refractivity contribution in [1.82, 2.24) is 34.2 Å². The lowest BCUT2D eigenvalue weighted by Gasteiger charge is -2.33. The summed E-state index contributed by atoms with van der Waals surface area (Å²) in [6.45, 7) is 5.69. The Hall–Kier alpha value is -2.73. The molecule has 12 heteroatoms. The number of aromatic nitrogens is 6. The predicted octanol–water partition coefficient (Wildman–Crippen LogP) is 2.65. The van der Waals surface area contributed by atoms with Crippen molar-refractivity contribution >= 4 is 17.0 Å². The molecule has 0 radical (unpaired) electrons. The normalized spacial score (nSPS) is 20.4. The average molecular weight is 479 g/mol. The number of likely N-dealkylation sites (tertiary alicyclic amines) is 1. The highest BCUT2D eigenvalue weighted by Crippen LogP contribution is 2.31. The second-order valence-electron chi connectivity index (χ2n) is 9.15. The molecule has 0 aliphatic carbocycles. The SMILES string of the molecule is Cc1nn(C)cc1CN1CCCC(c2nc(N3CCOCC3)c3ncn(CC(F)(F)F)c3n2)C1. The summed E-state index contributed by atoms with van der Waals surface area (Å²) in [6.07, 6.45) is 0.762. The zero-order valence-corrected chi connectivity index (χ0v) is 19.4. The van der Waals surface area contributed by atoms with Crippen LogP contribution in [-0.4, -0.2) is 79.8 Å². The number of halogens is 3. The Morgan fingerprint density at radius 2 is 1.94 bits per heavy atom. The van der Waals surface area contributed by atoms with E-state index in [9.17, 15) is 13.2 Å². The summed E-state index contributed by atoms with van der Waals surface area (Å²) in [5.41, 5.74) is 2.84. The van der Waals surface area contributed by atoms with Gasteiger partial charge in [-0.05, 0) is 26.3 Å². The molecule has 0 spiro atoms. The van der Waals surface area contributed by atoms with Crippen molar-refractivity contribution in [3.8, 4) is 0 Å². The standard InChI is InChI=1S/C22H29F3N8O/c1-15-17(10-30(2)29-15)12-31-5-3-4-16(11-31)19-27-20(32-6-8-34-9-7-32)18-21(28-19)33(14-26-18)13-22(23,24)25/h10,14,16H,3-9,11-13H2,1-2H3. The zero-order chi connectivity index (χ0) is 23.9. The summed E-state index contributed by atoms with van der Waals surface area (Å²) >= 11 is 0. The van der Waals surface area contributed by atoms with Crippen molar-refractivity contribution in [2.24, 2.45) is 7.05 Å². The smallest absolute Gasteiger partial charge is 0.378 e. The number of fused-ring (bicyclic) bond motifs is 1. The second-order valence-corrected chi connectivity index (χ2v) is 9.15. The van der Waals surface area contributed by atoms with E-state index in [1.807, 2.05) is 29.7 Å². The number of rotatable bonds is 5. The Morgan fingerprint density at radius 3 is 2.65 bits per heavy atom. The molecule has 5 heterocycles. The van der Waals surface area contributed by atoms with Gasteiger partial charge in [0.1, 0.15) is 12.4 Å². The van der Waals surface area contributed by atoms with Gasteiger partial charge >= 0.3 is 6.18 Å². The van der Waals surface area contributed by atoms with E-state index in [-0.39, 0.29) is 11.6 Å². The molecule has 0 bridgehead atoms. The number of nitrogens with zero attached hydrogens (tertiary/aromatic N) is 8. The monoisotopic (exact) mass is 478 g/mol. The van der Waals surface area contributed by atoms with E-state index in [1.165, 1.54) is 11.9 Å². The molecule has 2 fully saturated rings. The highest BCUT2D eigenvalue weighted by Gasteiger charge is 2.32. The Labute approximate surface area is 195 Å². The van der Waals surface area contributed by atoms with Gasteiger partial charge < -0.3 is 14.2 Å². The summed E-state index contributed by atoms with van der Waals surface area (Å²) in [7, 11) is 1.91. The van der Waals surface area contributed by atoms with E-state index >= 15 is 0 Å². The molecular weight excluding hydrogens is 449 g/mol. The molecule has 34 heavy (non-hydrogen) atoms. The quantitative estimate of drug-likeness (QED) is 0.558. The van der Waals surface area contributed by atoms with Gasteiger partial charge in [-0.25, -0.2) is 15.0 Å². The van der Waals surface area contributed by atoms with Crippen molar-refractivity contribution < 1.29 is 17.9 Å². The van der Waals surface area contributed by atoms with E-state index in [4.69, 9.17) is 9.72 Å². The van der Waals surface area contributed by atoms with Crippen LogP contribution in [0, 0.1) is 6.92 Å². The highest BCUT2D eigenvalue weighted by molar-refractivity contribution is 5.83. The summed E-state index contributed by atoms with van der Waals surface area (Å²) < 4.78 is 48.0. The molecule has 2 saturated heterocycles. The van der Waals surface area contributed by atoms with Crippen LogP contribution in [0.1, 0.15) is 35.8 Å². The maximum Gasteiger partial charge on any atom is 0.406 e. The van der Waals surface area contributed by atoms with E-state index in [1.54, 1.807) is 0 Å². The minimum Gasteiger partial charge on any atom is -0.378 e. The molecule has 0 amide bonds. The molecule has 3 aromatic rings. The second kappa shape index (κ2) is 9.14. The maximum atomic E-state index is 13.2. The first-order valence-corrected chi connectivity index (χ1v) is 11.6. The number of hydrogen-bond acceptors (Lipinski definition) is 7. The van der Waals surface area contributed by atoms with Gasteiger partial charge in [-0.1, -0.05) is 0 Å². The summed E-state index contributed by atoms with van der Waals surface area (Å²) in [4.78, 5) is 18.2. The van der Waals surface area contributed by atoms with Crippen LogP contribution in [-0.2, 0) is 24.9 Å². The van der Waals surface area contributed by atoms with Crippen LogP contribution in [0.4, 0.5) is 19.0 Å². The van der Waals surface area contributed by atoms with Gasteiger partial charge in [-0.15, -0.1) is 0 Å². The van der Waals surface area contributed by atoms with Gasteiger partial charge in [0.15, 0.2) is 17.0 Å². The first-order valence-electron chi connectivity index (χ1n) is 11.6. The number of ether oxygens (including phenoxy) is 1. The predicted molar refractivity (Wildman–Crippen MR) is 120 cm³/mol. The fourth-order valence-corrected chi connectivity index (χ4v) is 4.89. The zero-order valence-electron chi connectivity index (χ0n) is 19.4. The van der Waals surface area contributed by atoms with E-state index < -0.39 is 12.7 Å². The van der Waals surface area contributed by atoms with Gasteiger partial charge in [-0.2, -0.15) is 18.3 Å². The fourth-order valence-electron chi connectivity index (χ4n) is 4.89. The number of hydrogen-bond donors (Lipinski definition) is 0. The Kier molecular flexibility index (Phi) is 6.19. The average Bonchev–Trinajstić information content (AvgIpc) is 3.34. The Bertz CT molecular complexity index is 1150. The topological polar surface area (TPSA) is 77.1 Å². The van der Waals surface area contributed by atoms with Crippen LogP contribution in [0.2, 0.25) is 0 Å². The first-order chi connectivity index (χ1) is 16.3. The maximum absolute atomic E-state index is 13.2. The highest BCUT2D eigenvalue weighted by atomic mass is 19.4. The van der Waals surface area contributed by atoms with Gasteiger partial charge in [0.25, 0.3) is 0 Å². The van der Waals surface area contributed by atoms with E-state index in [0.29, 0.717) is 43.5 Å². The summed E-state index contributed by atoms with van der Waals surface area (Å²) in [6, 6.07) is 0. The van der Waals surface area contributed by atoms with Crippen molar-refractivity contribution in [2.45, 2.75) is 44.9 Å². The number of anilines is 1. The third-order valence-electron chi connectivity index (χ3n) is 6.50. The molecule has 9 nitrogen and oxygen atoms in total. The number of imidazole rings is 1. The molecule has 0 N–H and O–H groups in total. The molecule has 1 atom stereocenters. The largest absolute Gasteiger partial charge is 0.406 e. The minimum absolute atomic E-state index is 0.0316. The molecule has 1 unspecified atom stereocenters. The van der Waals surface area contributed by atoms with Crippen molar-refractivity contribution in [1.29, 1.82) is 0 Å². The van der Waals surface area contributed by atoms with Gasteiger partial charge in [0, 0.05) is 50.9 Å². The molecule has 0 saturated carbocycles. The fraction of sp³-hybridized carbons (Fsp3) is 0.636. The summed E-state index contributed by atoms with van der Waals surface area (Å²) in [5.74, 6) is 1.22. The summed E-state index contributed by atoms with van der Waals surface area (Å²) in [5, 5.41) is 4.43. The van der Waals surface area contributed by atoms with Crippen molar-refractivity contribution in [3.63, 3.8) is 0 Å². The third-order valence-corrected chi connectivity index (χ3v) is 6.50. The first kappa shape index (κ1) is 23.0. The van der Waals surface area contributed by atoms with Crippen molar-refractivity contribution in [2.75, 3.05) is 44.3 Å². The number of piperidine rings is 1. The lowest BCUT2D eigenvalue weighted by Crippen LogP contribution is -2.38. The van der Waals surface area contributed by atoms with Crippen LogP contribution in [0.3, 0.4) is 0 Å². The lowest BCUT2D eigenvalue weighted by molar-refractivity contribution is -0.140.